The first-order chi connectivity index (χ1) is 14.4. The van der Waals surface area contributed by atoms with Crippen LogP contribution < -0.4 is 10.1 Å². The van der Waals surface area contributed by atoms with Crippen LogP contribution in [-0.2, 0) is 14.8 Å². The van der Waals surface area contributed by atoms with E-state index in [0.29, 0.717) is 18.0 Å². The van der Waals surface area contributed by atoms with Crippen LogP contribution in [0.3, 0.4) is 0 Å². The van der Waals surface area contributed by atoms with Crippen LogP contribution in [0, 0.1) is 6.92 Å². The van der Waals surface area contributed by atoms with Gasteiger partial charge in [0, 0.05) is 6.04 Å². The number of sulfonamides is 1. The molecule has 30 heavy (non-hydrogen) atoms. The Morgan fingerprint density at radius 3 is 2.40 bits per heavy atom. The lowest BCUT2D eigenvalue weighted by molar-refractivity contribution is -0.116. The molecule has 1 amide bonds. The predicted octanol–water partition coefficient (Wildman–Crippen LogP) is 4.36. The molecule has 6 nitrogen and oxygen atoms in total. The molecule has 1 aliphatic rings. The number of carbonyl (C=O) groups excluding carboxylic acids is 1. The van der Waals surface area contributed by atoms with Gasteiger partial charge in [-0.1, -0.05) is 49.1 Å². The van der Waals surface area contributed by atoms with Crippen molar-refractivity contribution >= 4 is 21.6 Å². The molecule has 0 aliphatic heterocycles. The number of amides is 1. The van der Waals surface area contributed by atoms with Gasteiger partial charge in [-0.2, -0.15) is 4.31 Å². The van der Waals surface area contributed by atoms with E-state index in [1.54, 1.807) is 42.5 Å². The molecule has 1 N–H and O–H groups in total. The van der Waals surface area contributed by atoms with Gasteiger partial charge in [-0.05, 0) is 51.0 Å². The molecule has 0 spiro atoms. The maximum absolute atomic E-state index is 13.4. The molecule has 0 saturated heterocycles. The van der Waals surface area contributed by atoms with Gasteiger partial charge in [-0.25, -0.2) is 8.42 Å². The Hall–Kier alpha value is -2.38. The second-order valence-corrected chi connectivity index (χ2v) is 9.52. The van der Waals surface area contributed by atoms with Crippen molar-refractivity contribution < 1.29 is 17.9 Å². The van der Waals surface area contributed by atoms with E-state index in [2.05, 4.69) is 5.32 Å². The number of nitrogens with zero attached hydrogens (tertiary/aromatic N) is 1. The number of rotatable bonds is 8. The van der Waals surface area contributed by atoms with Crippen LogP contribution in [0.1, 0.15) is 44.6 Å². The highest BCUT2D eigenvalue weighted by Crippen LogP contribution is 2.29. The zero-order chi connectivity index (χ0) is 21.6. The number of aryl methyl sites for hydroxylation is 1. The summed E-state index contributed by atoms with van der Waals surface area (Å²) in [4.78, 5) is 13.1. The van der Waals surface area contributed by atoms with Crippen molar-refractivity contribution in [1.29, 1.82) is 0 Å². The molecule has 0 unspecified atom stereocenters. The minimum atomic E-state index is -3.78. The molecular formula is C23H30N2O4S. The van der Waals surface area contributed by atoms with Gasteiger partial charge in [0.1, 0.15) is 5.75 Å². The largest absolute Gasteiger partial charge is 0.492 e. The van der Waals surface area contributed by atoms with Gasteiger partial charge < -0.3 is 10.1 Å². The number of hydrogen-bond donors (Lipinski definition) is 1. The monoisotopic (exact) mass is 430 g/mol. The van der Waals surface area contributed by atoms with E-state index >= 15 is 0 Å². The SMILES string of the molecule is CCOc1ccccc1NC(=O)CN(C1CCCCC1)S(=O)(=O)c1ccc(C)cc1. The zero-order valence-electron chi connectivity index (χ0n) is 17.6. The van der Waals surface area contributed by atoms with Crippen molar-refractivity contribution in [3.05, 3.63) is 54.1 Å². The van der Waals surface area contributed by atoms with E-state index in [1.165, 1.54) is 4.31 Å². The summed E-state index contributed by atoms with van der Waals surface area (Å²) in [6.07, 6.45) is 4.59. The highest BCUT2D eigenvalue weighted by Gasteiger charge is 2.34. The fourth-order valence-corrected chi connectivity index (χ4v) is 5.45. The molecular weight excluding hydrogens is 400 g/mol. The van der Waals surface area contributed by atoms with Crippen molar-refractivity contribution in [3.63, 3.8) is 0 Å². The third-order valence-electron chi connectivity index (χ3n) is 5.37. The maximum Gasteiger partial charge on any atom is 0.243 e. The first kappa shape index (κ1) is 22.3. The Morgan fingerprint density at radius 1 is 1.07 bits per heavy atom. The molecule has 0 radical (unpaired) electrons. The number of ether oxygens (including phenoxy) is 1. The lowest BCUT2D eigenvalue weighted by Crippen LogP contribution is -2.45. The van der Waals surface area contributed by atoms with Crippen LogP contribution in [0.5, 0.6) is 5.75 Å². The summed E-state index contributed by atoms with van der Waals surface area (Å²) in [5, 5.41) is 2.83. The average Bonchev–Trinajstić information content (AvgIpc) is 2.74. The van der Waals surface area contributed by atoms with Crippen LogP contribution in [0.2, 0.25) is 0 Å². The van der Waals surface area contributed by atoms with Gasteiger partial charge in [0.05, 0.1) is 23.7 Å². The molecule has 1 saturated carbocycles. The van der Waals surface area contributed by atoms with Gasteiger partial charge in [-0.15, -0.1) is 0 Å². The van der Waals surface area contributed by atoms with Crippen LogP contribution in [0.15, 0.2) is 53.4 Å². The van der Waals surface area contributed by atoms with Crippen LogP contribution in [0.4, 0.5) is 5.69 Å². The number of nitrogens with one attached hydrogen (secondary N) is 1. The van der Waals surface area contributed by atoms with Crippen LogP contribution in [0.25, 0.3) is 0 Å². The number of hydrogen-bond acceptors (Lipinski definition) is 4. The van der Waals surface area contributed by atoms with Gasteiger partial charge in [-0.3, -0.25) is 4.79 Å². The second kappa shape index (κ2) is 10.1. The van der Waals surface area contributed by atoms with Crippen molar-refractivity contribution in [1.82, 2.24) is 4.31 Å². The van der Waals surface area contributed by atoms with Gasteiger partial charge in [0.25, 0.3) is 0 Å². The molecule has 162 valence electrons. The van der Waals surface area contributed by atoms with Gasteiger partial charge in [0.2, 0.25) is 15.9 Å². The van der Waals surface area contributed by atoms with Crippen molar-refractivity contribution in [2.45, 2.75) is 56.9 Å². The summed E-state index contributed by atoms with van der Waals surface area (Å²) in [6.45, 7) is 4.04. The molecule has 3 rings (SSSR count). The molecule has 2 aromatic carbocycles. The molecule has 0 aromatic heterocycles. The topological polar surface area (TPSA) is 75.7 Å². The lowest BCUT2D eigenvalue weighted by atomic mass is 9.95. The standard InChI is InChI=1S/C23H30N2O4S/c1-3-29-22-12-8-7-11-21(22)24-23(26)17-25(19-9-5-4-6-10-19)30(27,28)20-15-13-18(2)14-16-20/h7-8,11-16,19H,3-6,9-10,17H2,1-2H3,(H,24,26). The fraction of sp³-hybridized carbons (Fsp3) is 0.435. The van der Waals surface area contributed by atoms with E-state index < -0.39 is 10.0 Å². The Morgan fingerprint density at radius 2 is 1.73 bits per heavy atom. The average molecular weight is 431 g/mol. The molecule has 0 bridgehead atoms. The summed E-state index contributed by atoms with van der Waals surface area (Å²) in [7, 11) is -3.78. The third-order valence-corrected chi connectivity index (χ3v) is 7.28. The van der Waals surface area contributed by atoms with Gasteiger partial charge in [0.15, 0.2) is 0 Å². The summed E-state index contributed by atoms with van der Waals surface area (Å²) in [5.41, 5.74) is 1.53. The van der Waals surface area contributed by atoms with E-state index in [4.69, 9.17) is 4.74 Å². The van der Waals surface area contributed by atoms with E-state index in [1.807, 2.05) is 19.9 Å². The number of carbonyl (C=O) groups is 1. The number of para-hydroxylation sites is 2. The van der Waals surface area contributed by atoms with Crippen molar-refractivity contribution in [3.8, 4) is 5.75 Å². The third kappa shape index (κ3) is 5.40. The second-order valence-electron chi connectivity index (χ2n) is 7.63. The fourth-order valence-electron chi connectivity index (χ4n) is 3.81. The van der Waals surface area contributed by atoms with Crippen LogP contribution >= 0.6 is 0 Å². The minimum Gasteiger partial charge on any atom is -0.492 e. The Bertz CT molecular complexity index is 951. The van der Waals surface area contributed by atoms with E-state index in [9.17, 15) is 13.2 Å². The quantitative estimate of drug-likeness (QED) is 0.675. The Kier molecular flexibility index (Phi) is 7.50. The Balaban J connectivity index is 1.84. The van der Waals surface area contributed by atoms with Crippen molar-refractivity contribution in [2.24, 2.45) is 0 Å². The predicted molar refractivity (Wildman–Crippen MR) is 118 cm³/mol. The highest BCUT2D eigenvalue weighted by molar-refractivity contribution is 7.89. The van der Waals surface area contributed by atoms with Gasteiger partial charge >= 0.3 is 0 Å². The molecule has 0 atom stereocenters. The number of anilines is 1. The lowest BCUT2D eigenvalue weighted by Gasteiger charge is -2.33. The molecule has 1 aliphatic carbocycles. The molecule has 7 heteroatoms. The summed E-state index contributed by atoms with van der Waals surface area (Å²) in [5.74, 6) is 0.197. The highest BCUT2D eigenvalue weighted by atomic mass is 32.2. The zero-order valence-corrected chi connectivity index (χ0v) is 18.5. The smallest absolute Gasteiger partial charge is 0.243 e. The van der Waals surface area contributed by atoms with E-state index in [-0.39, 0.29) is 23.4 Å². The molecule has 2 aromatic rings. The Labute approximate surface area is 179 Å². The normalized spacial score (nSPS) is 15.2. The minimum absolute atomic E-state index is 0.169. The van der Waals surface area contributed by atoms with E-state index in [0.717, 1.165) is 37.7 Å². The van der Waals surface area contributed by atoms with Crippen LogP contribution in [-0.4, -0.2) is 37.8 Å². The maximum atomic E-state index is 13.4. The first-order valence-corrected chi connectivity index (χ1v) is 12.0. The molecule has 1 fully saturated rings. The number of benzene rings is 2. The van der Waals surface area contributed by atoms with Crippen molar-refractivity contribution in [2.75, 3.05) is 18.5 Å². The summed E-state index contributed by atoms with van der Waals surface area (Å²) >= 11 is 0. The first-order valence-electron chi connectivity index (χ1n) is 10.5. The molecule has 0 heterocycles. The summed E-state index contributed by atoms with van der Waals surface area (Å²) < 4.78 is 33.8. The summed E-state index contributed by atoms with van der Waals surface area (Å²) in [6, 6.07) is 13.8.